The number of rotatable bonds is 12. The summed E-state index contributed by atoms with van der Waals surface area (Å²) < 4.78 is 15.7. The van der Waals surface area contributed by atoms with Gasteiger partial charge in [0.05, 0.1) is 24.8 Å². The molecule has 0 aliphatic rings. The number of phenolic OH excluding ortho intramolecular Hbond substituents is 1. The first-order chi connectivity index (χ1) is 17.0. The maximum Gasteiger partial charge on any atom is 0.338 e. The topological polar surface area (TPSA) is 85.3 Å². The lowest BCUT2D eigenvalue weighted by Crippen LogP contribution is -2.30. The van der Waals surface area contributed by atoms with Crippen molar-refractivity contribution in [1.82, 2.24) is 4.90 Å². The number of methoxy groups -OCH3 is 1. The first-order valence-electron chi connectivity index (χ1n) is 11.6. The summed E-state index contributed by atoms with van der Waals surface area (Å²) in [5, 5.41) is 10.1. The molecule has 0 aliphatic heterocycles. The minimum atomic E-state index is -0.365. The van der Waals surface area contributed by atoms with Crippen molar-refractivity contribution in [3.8, 4) is 11.5 Å². The van der Waals surface area contributed by atoms with Gasteiger partial charge < -0.3 is 19.3 Å². The lowest BCUT2D eigenvalue weighted by molar-refractivity contribution is 0.0525. The van der Waals surface area contributed by atoms with E-state index in [9.17, 15) is 14.7 Å². The Kier molecular flexibility index (Phi) is 9.69. The summed E-state index contributed by atoms with van der Waals surface area (Å²) in [5.74, 6) is 0.233. The molecule has 3 aromatic carbocycles. The summed E-state index contributed by atoms with van der Waals surface area (Å²) in [4.78, 5) is 25.7. The maximum atomic E-state index is 11.8. The number of esters is 2. The predicted molar refractivity (Wildman–Crippen MR) is 133 cm³/mol. The normalized spacial score (nSPS) is 10.7. The van der Waals surface area contributed by atoms with Gasteiger partial charge in [0.1, 0.15) is 18.1 Å². The fourth-order valence-corrected chi connectivity index (χ4v) is 3.59. The molecule has 0 aromatic heterocycles. The number of carbonyl (C=O) groups excluding carboxylic acids is 2. The molecule has 3 rings (SSSR count). The monoisotopic (exact) mass is 477 g/mol. The van der Waals surface area contributed by atoms with E-state index in [0.29, 0.717) is 56.1 Å². The van der Waals surface area contributed by atoms with Crippen molar-refractivity contribution < 1.29 is 28.9 Å². The molecule has 0 atom stereocenters. The lowest BCUT2D eigenvalue weighted by Gasteiger charge is -2.23. The zero-order valence-corrected chi connectivity index (χ0v) is 20.1. The van der Waals surface area contributed by atoms with Crippen molar-refractivity contribution in [2.45, 2.75) is 19.9 Å². The number of hydrogen-bond donors (Lipinski definition) is 1. The number of phenols is 1. The molecular formula is C28H31NO6. The predicted octanol–water partition coefficient (Wildman–Crippen LogP) is 4.48. The summed E-state index contributed by atoms with van der Waals surface area (Å²) in [6.45, 7) is 4.56. The van der Waals surface area contributed by atoms with Crippen LogP contribution < -0.4 is 4.74 Å². The fourth-order valence-electron chi connectivity index (χ4n) is 3.59. The second kappa shape index (κ2) is 13.2. The van der Waals surface area contributed by atoms with Gasteiger partial charge >= 0.3 is 11.9 Å². The van der Waals surface area contributed by atoms with Crippen LogP contribution in [-0.2, 0) is 22.4 Å². The molecular weight excluding hydrogens is 446 g/mol. The average Bonchev–Trinajstić information content (AvgIpc) is 2.88. The summed E-state index contributed by atoms with van der Waals surface area (Å²) in [7, 11) is 1.36. The highest BCUT2D eigenvalue weighted by molar-refractivity contribution is 5.89. The van der Waals surface area contributed by atoms with Crippen LogP contribution >= 0.6 is 0 Å². The highest BCUT2D eigenvalue weighted by Gasteiger charge is 2.11. The molecule has 0 unspecified atom stereocenters. The van der Waals surface area contributed by atoms with Gasteiger partial charge in [0.15, 0.2) is 0 Å². The van der Waals surface area contributed by atoms with E-state index in [1.165, 1.54) is 7.11 Å². The number of hydrogen-bond acceptors (Lipinski definition) is 7. The van der Waals surface area contributed by atoms with E-state index in [0.717, 1.165) is 11.1 Å². The third-order valence-electron chi connectivity index (χ3n) is 5.51. The van der Waals surface area contributed by atoms with E-state index in [-0.39, 0.29) is 17.7 Å². The Morgan fingerprint density at radius 2 is 1.51 bits per heavy atom. The first-order valence-corrected chi connectivity index (χ1v) is 11.6. The third-order valence-corrected chi connectivity index (χ3v) is 5.51. The van der Waals surface area contributed by atoms with Crippen molar-refractivity contribution in [1.29, 1.82) is 0 Å². The van der Waals surface area contributed by atoms with E-state index >= 15 is 0 Å². The number of carbonyl (C=O) groups is 2. The fraction of sp³-hybridized carbons (Fsp3) is 0.286. The molecule has 0 heterocycles. The van der Waals surface area contributed by atoms with Crippen LogP contribution in [0.5, 0.6) is 11.5 Å². The van der Waals surface area contributed by atoms with E-state index < -0.39 is 0 Å². The Morgan fingerprint density at radius 3 is 2.17 bits per heavy atom. The molecule has 0 bridgehead atoms. The van der Waals surface area contributed by atoms with Crippen LogP contribution in [0.1, 0.15) is 38.8 Å². The molecule has 7 heteroatoms. The van der Waals surface area contributed by atoms with Gasteiger partial charge in [-0.1, -0.05) is 30.3 Å². The summed E-state index contributed by atoms with van der Waals surface area (Å²) in [5.41, 5.74) is 2.92. The molecule has 0 aliphatic carbocycles. The van der Waals surface area contributed by atoms with Gasteiger partial charge in [0.2, 0.25) is 0 Å². The Labute approximate surface area is 205 Å². The molecule has 0 saturated heterocycles. The van der Waals surface area contributed by atoms with E-state index in [4.69, 9.17) is 14.2 Å². The molecule has 0 radical (unpaired) electrons. The molecule has 0 fully saturated rings. The molecule has 0 saturated carbocycles. The van der Waals surface area contributed by atoms with Crippen LogP contribution in [0.4, 0.5) is 0 Å². The molecule has 35 heavy (non-hydrogen) atoms. The van der Waals surface area contributed by atoms with Gasteiger partial charge in [0, 0.05) is 19.6 Å². The highest BCUT2D eigenvalue weighted by Crippen LogP contribution is 2.18. The number of aromatic hydroxyl groups is 1. The van der Waals surface area contributed by atoms with Crippen molar-refractivity contribution in [2.24, 2.45) is 0 Å². The van der Waals surface area contributed by atoms with E-state index in [1.54, 1.807) is 55.5 Å². The van der Waals surface area contributed by atoms with E-state index in [2.05, 4.69) is 4.90 Å². The van der Waals surface area contributed by atoms with Crippen LogP contribution in [0.2, 0.25) is 0 Å². The van der Waals surface area contributed by atoms with E-state index in [1.807, 2.05) is 24.3 Å². The third kappa shape index (κ3) is 7.86. The zero-order chi connectivity index (χ0) is 25.0. The summed E-state index contributed by atoms with van der Waals surface area (Å²) >= 11 is 0. The Morgan fingerprint density at radius 1 is 0.857 bits per heavy atom. The molecule has 1 N–H and O–H groups in total. The minimum absolute atomic E-state index is 0.285. The van der Waals surface area contributed by atoms with Gasteiger partial charge in [-0.05, 0) is 66.9 Å². The van der Waals surface area contributed by atoms with Crippen LogP contribution in [0.15, 0.2) is 72.8 Å². The van der Waals surface area contributed by atoms with Gasteiger partial charge in [-0.2, -0.15) is 0 Å². The van der Waals surface area contributed by atoms with Crippen LogP contribution in [-0.4, -0.2) is 55.4 Å². The Hall–Kier alpha value is -3.84. The number of nitrogens with zero attached hydrogens (tertiary/aromatic N) is 1. The second-order valence-corrected chi connectivity index (χ2v) is 7.94. The summed E-state index contributed by atoms with van der Waals surface area (Å²) in [6, 6.07) is 21.5. The van der Waals surface area contributed by atoms with Gasteiger partial charge in [-0.25, -0.2) is 9.59 Å². The van der Waals surface area contributed by atoms with Crippen molar-refractivity contribution in [3.05, 3.63) is 95.1 Å². The number of para-hydroxylation sites is 1. The first kappa shape index (κ1) is 25.8. The van der Waals surface area contributed by atoms with Crippen LogP contribution in [0.3, 0.4) is 0 Å². The molecule has 0 amide bonds. The maximum absolute atomic E-state index is 11.8. The number of benzene rings is 3. The lowest BCUT2D eigenvalue weighted by atomic mass is 10.1. The Balaban J connectivity index is 1.61. The van der Waals surface area contributed by atoms with Crippen LogP contribution in [0, 0.1) is 0 Å². The minimum Gasteiger partial charge on any atom is -0.508 e. The molecule has 0 spiro atoms. The van der Waals surface area contributed by atoms with Gasteiger partial charge in [-0.15, -0.1) is 0 Å². The van der Waals surface area contributed by atoms with Crippen molar-refractivity contribution >= 4 is 11.9 Å². The average molecular weight is 478 g/mol. The summed E-state index contributed by atoms with van der Waals surface area (Å²) in [6.07, 6.45) is 0.682. The van der Waals surface area contributed by atoms with Crippen molar-refractivity contribution in [2.75, 3.05) is 33.4 Å². The highest BCUT2D eigenvalue weighted by atomic mass is 16.5. The number of ether oxygens (including phenoxy) is 3. The standard InChI is InChI=1S/C28H31NO6/c1-3-34-28(32)24-12-14-25(15-13-24)35-19-18-29(17-16-22-6-4-5-7-26(22)30)20-21-8-10-23(11-9-21)27(31)33-2/h4-15,30H,3,16-20H2,1-2H3. The Bertz CT molecular complexity index is 1100. The van der Waals surface area contributed by atoms with Gasteiger partial charge in [-0.3, -0.25) is 4.90 Å². The smallest absolute Gasteiger partial charge is 0.338 e. The SMILES string of the molecule is CCOC(=O)c1ccc(OCCN(CCc2ccccc2O)Cc2ccc(C(=O)OC)cc2)cc1. The largest absolute Gasteiger partial charge is 0.508 e. The molecule has 3 aromatic rings. The zero-order valence-electron chi connectivity index (χ0n) is 20.1. The second-order valence-electron chi connectivity index (χ2n) is 7.94. The van der Waals surface area contributed by atoms with Crippen molar-refractivity contribution in [3.63, 3.8) is 0 Å². The molecule has 7 nitrogen and oxygen atoms in total. The van der Waals surface area contributed by atoms with Gasteiger partial charge in [0.25, 0.3) is 0 Å². The van der Waals surface area contributed by atoms with Crippen LogP contribution in [0.25, 0.3) is 0 Å². The quantitative estimate of drug-likeness (QED) is 0.385. The molecule has 184 valence electrons.